The SMILES string of the molecule is C=Cc1c(C)cccc1-c1ccc(S(=O)(=O)NCCC)cc1. The van der Waals surface area contributed by atoms with Gasteiger partial charge in [0.25, 0.3) is 0 Å². The van der Waals surface area contributed by atoms with Gasteiger partial charge in [-0.2, -0.15) is 0 Å². The van der Waals surface area contributed by atoms with Crippen molar-refractivity contribution in [2.24, 2.45) is 0 Å². The first-order valence-electron chi connectivity index (χ1n) is 7.31. The minimum Gasteiger partial charge on any atom is -0.211 e. The van der Waals surface area contributed by atoms with Crippen LogP contribution in [0.25, 0.3) is 17.2 Å². The highest BCUT2D eigenvalue weighted by molar-refractivity contribution is 7.89. The highest BCUT2D eigenvalue weighted by atomic mass is 32.2. The highest BCUT2D eigenvalue weighted by Gasteiger charge is 2.13. The van der Waals surface area contributed by atoms with Crippen LogP contribution in [-0.4, -0.2) is 15.0 Å². The lowest BCUT2D eigenvalue weighted by Gasteiger charge is -2.11. The first-order valence-corrected chi connectivity index (χ1v) is 8.80. The lowest BCUT2D eigenvalue weighted by molar-refractivity contribution is 0.581. The highest BCUT2D eigenvalue weighted by Crippen LogP contribution is 2.27. The molecule has 0 aliphatic rings. The van der Waals surface area contributed by atoms with Crippen molar-refractivity contribution in [1.82, 2.24) is 4.72 Å². The second-order valence-corrected chi connectivity index (χ2v) is 6.93. The van der Waals surface area contributed by atoms with Crippen molar-refractivity contribution in [3.05, 3.63) is 60.2 Å². The normalized spacial score (nSPS) is 11.4. The Labute approximate surface area is 132 Å². The Kier molecular flexibility index (Phi) is 5.16. The molecule has 3 nitrogen and oxygen atoms in total. The van der Waals surface area contributed by atoms with Gasteiger partial charge in [0.15, 0.2) is 0 Å². The van der Waals surface area contributed by atoms with Crippen LogP contribution in [0.5, 0.6) is 0 Å². The Bertz CT molecular complexity index is 762. The molecule has 2 rings (SSSR count). The summed E-state index contributed by atoms with van der Waals surface area (Å²) in [5.41, 5.74) is 4.25. The Morgan fingerprint density at radius 3 is 2.41 bits per heavy atom. The number of benzene rings is 2. The molecule has 2 aromatic carbocycles. The third kappa shape index (κ3) is 3.46. The summed E-state index contributed by atoms with van der Waals surface area (Å²) in [7, 11) is -3.42. The number of sulfonamides is 1. The van der Waals surface area contributed by atoms with Crippen molar-refractivity contribution in [1.29, 1.82) is 0 Å². The minimum atomic E-state index is -3.42. The summed E-state index contributed by atoms with van der Waals surface area (Å²) in [5, 5.41) is 0. The zero-order valence-electron chi connectivity index (χ0n) is 13.0. The number of hydrogen-bond acceptors (Lipinski definition) is 2. The first-order chi connectivity index (χ1) is 10.5. The Morgan fingerprint density at radius 2 is 1.82 bits per heavy atom. The van der Waals surface area contributed by atoms with E-state index in [1.54, 1.807) is 12.1 Å². The number of hydrogen-bond donors (Lipinski definition) is 1. The fourth-order valence-corrected chi connectivity index (χ4v) is 3.47. The summed E-state index contributed by atoms with van der Waals surface area (Å²) < 4.78 is 26.7. The van der Waals surface area contributed by atoms with E-state index in [0.717, 1.165) is 28.7 Å². The van der Waals surface area contributed by atoms with Gasteiger partial charge in [0.05, 0.1) is 4.90 Å². The summed E-state index contributed by atoms with van der Waals surface area (Å²) in [4.78, 5) is 0.289. The molecule has 22 heavy (non-hydrogen) atoms. The molecule has 0 spiro atoms. The third-order valence-electron chi connectivity index (χ3n) is 3.55. The van der Waals surface area contributed by atoms with E-state index < -0.39 is 10.0 Å². The molecule has 0 amide bonds. The molecule has 0 fully saturated rings. The van der Waals surface area contributed by atoms with Crippen LogP contribution in [0, 0.1) is 6.92 Å². The monoisotopic (exact) mass is 315 g/mol. The molecule has 4 heteroatoms. The van der Waals surface area contributed by atoms with Gasteiger partial charge in [-0.3, -0.25) is 0 Å². The fraction of sp³-hybridized carbons (Fsp3) is 0.222. The van der Waals surface area contributed by atoms with Gasteiger partial charge < -0.3 is 0 Å². The molecular formula is C18H21NO2S. The molecule has 0 saturated heterocycles. The number of rotatable bonds is 6. The van der Waals surface area contributed by atoms with E-state index in [-0.39, 0.29) is 4.90 Å². The zero-order valence-corrected chi connectivity index (χ0v) is 13.8. The van der Waals surface area contributed by atoms with Crippen molar-refractivity contribution in [2.45, 2.75) is 25.2 Å². The molecule has 1 N–H and O–H groups in total. The predicted molar refractivity (Wildman–Crippen MR) is 92.2 cm³/mol. The molecular weight excluding hydrogens is 294 g/mol. The van der Waals surface area contributed by atoms with Gasteiger partial charge in [-0.1, -0.05) is 49.9 Å². The second-order valence-electron chi connectivity index (χ2n) is 5.16. The van der Waals surface area contributed by atoms with Crippen LogP contribution >= 0.6 is 0 Å². The maximum Gasteiger partial charge on any atom is 0.240 e. The Morgan fingerprint density at radius 1 is 1.14 bits per heavy atom. The van der Waals surface area contributed by atoms with E-state index in [4.69, 9.17) is 0 Å². The van der Waals surface area contributed by atoms with Crippen molar-refractivity contribution < 1.29 is 8.42 Å². The van der Waals surface area contributed by atoms with Crippen molar-refractivity contribution in [2.75, 3.05) is 6.54 Å². The van der Waals surface area contributed by atoms with Crippen LogP contribution in [-0.2, 0) is 10.0 Å². The maximum atomic E-state index is 12.1. The quantitative estimate of drug-likeness (QED) is 0.876. The fourth-order valence-electron chi connectivity index (χ4n) is 2.34. The number of aryl methyl sites for hydroxylation is 1. The van der Waals surface area contributed by atoms with E-state index in [2.05, 4.69) is 11.3 Å². The standard InChI is InChI=1S/C18H21NO2S/c1-4-13-19-22(20,21)16-11-9-15(10-12-16)18-8-6-7-14(3)17(18)5-2/h5-12,19H,2,4,13H2,1,3H3. The third-order valence-corrected chi connectivity index (χ3v) is 5.02. The summed E-state index contributed by atoms with van der Waals surface area (Å²) in [5.74, 6) is 0. The molecule has 2 aromatic rings. The summed E-state index contributed by atoms with van der Waals surface area (Å²) in [6, 6.07) is 13.0. The average molecular weight is 315 g/mol. The van der Waals surface area contributed by atoms with Gasteiger partial charge in [-0.25, -0.2) is 13.1 Å². The van der Waals surface area contributed by atoms with E-state index in [9.17, 15) is 8.42 Å². The molecule has 0 aliphatic heterocycles. The molecule has 0 heterocycles. The molecule has 0 bridgehead atoms. The Balaban J connectivity index is 2.38. The van der Waals surface area contributed by atoms with Crippen molar-refractivity contribution >= 4 is 16.1 Å². The lowest BCUT2D eigenvalue weighted by atomic mass is 9.96. The van der Waals surface area contributed by atoms with Crippen LogP contribution in [0.1, 0.15) is 24.5 Å². The summed E-state index contributed by atoms with van der Waals surface area (Å²) in [6.45, 7) is 8.28. The van der Waals surface area contributed by atoms with Crippen LogP contribution in [0.4, 0.5) is 0 Å². The molecule has 0 unspecified atom stereocenters. The van der Waals surface area contributed by atoms with E-state index >= 15 is 0 Å². The molecule has 0 aliphatic carbocycles. The second kappa shape index (κ2) is 6.90. The van der Waals surface area contributed by atoms with Gasteiger partial charge in [0.1, 0.15) is 0 Å². The van der Waals surface area contributed by atoms with Gasteiger partial charge in [-0.05, 0) is 47.7 Å². The number of nitrogens with one attached hydrogen (secondary N) is 1. The zero-order chi connectivity index (χ0) is 16.2. The van der Waals surface area contributed by atoms with Gasteiger partial charge in [0, 0.05) is 6.54 Å². The van der Waals surface area contributed by atoms with E-state index in [1.807, 2.05) is 50.3 Å². The average Bonchev–Trinajstić information content (AvgIpc) is 2.53. The van der Waals surface area contributed by atoms with Crippen molar-refractivity contribution in [3.8, 4) is 11.1 Å². The molecule has 0 atom stereocenters. The van der Waals surface area contributed by atoms with Gasteiger partial charge in [0.2, 0.25) is 10.0 Å². The van der Waals surface area contributed by atoms with E-state index in [0.29, 0.717) is 6.54 Å². The van der Waals surface area contributed by atoms with Crippen LogP contribution in [0.3, 0.4) is 0 Å². The lowest BCUT2D eigenvalue weighted by Crippen LogP contribution is -2.24. The van der Waals surface area contributed by atoms with Gasteiger partial charge >= 0.3 is 0 Å². The van der Waals surface area contributed by atoms with E-state index in [1.165, 1.54) is 0 Å². The smallest absolute Gasteiger partial charge is 0.211 e. The summed E-state index contributed by atoms with van der Waals surface area (Å²) in [6.07, 6.45) is 2.60. The van der Waals surface area contributed by atoms with Crippen LogP contribution in [0.2, 0.25) is 0 Å². The molecule has 0 aromatic heterocycles. The summed E-state index contributed by atoms with van der Waals surface area (Å²) >= 11 is 0. The minimum absolute atomic E-state index is 0.289. The topological polar surface area (TPSA) is 46.2 Å². The largest absolute Gasteiger partial charge is 0.240 e. The first kappa shape index (κ1) is 16.5. The van der Waals surface area contributed by atoms with Gasteiger partial charge in [-0.15, -0.1) is 0 Å². The molecule has 0 radical (unpaired) electrons. The maximum absolute atomic E-state index is 12.1. The molecule has 0 saturated carbocycles. The van der Waals surface area contributed by atoms with Crippen LogP contribution in [0.15, 0.2) is 53.9 Å². The molecule has 116 valence electrons. The van der Waals surface area contributed by atoms with Crippen molar-refractivity contribution in [3.63, 3.8) is 0 Å². The van der Waals surface area contributed by atoms with Crippen LogP contribution < -0.4 is 4.72 Å². The Hall–Kier alpha value is -1.91. The predicted octanol–water partition coefficient (Wildman–Crippen LogP) is 3.99.